The van der Waals surface area contributed by atoms with Gasteiger partial charge in [0.1, 0.15) is 5.82 Å². The van der Waals surface area contributed by atoms with Gasteiger partial charge in [0.05, 0.1) is 22.3 Å². The molecule has 5 heteroatoms. The maximum absolute atomic E-state index is 6.35. The van der Waals surface area contributed by atoms with Gasteiger partial charge in [-0.05, 0) is 43.7 Å². The molecule has 3 rings (SSSR count). The molecule has 3 aromatic rings. The number of halogens is 2. The lowest BCUT2D eigenvalue weighted by atomic mass is 10.2. The summed E-state index contributed by atoms with van der Waals surface area (Å²) in [4.78, 5) is 9.07. The SMILES string of the molecule is Cc1ccc(C(C)Nc2cc(Cl)c3ccc(Br)cc3n2)nc1. The van der Waals surface area contributed by atoms with Crippen LogP contribution in [0.25, 0.3) is 10.9 Å². The van der Waals surface area contributed by atoms with Gasteiger partial charge in [-0.1, -0.05) is 39.7 Å². The summed E-state index contributed by atoms with van der Waals surface area (Å²) in [7, 11) is 0. The Labute approximate surface area is 142 Å². The number of nitrogens with one attached hydrogen (secondary N) is 1. The van der Waals surface area contributed by atoms with Crippen LogP contribution in [0.4, 0.5) is 5.82 Å². The van der Waals surface area contributed by atoms with Crippen LogP contribution in [0, 0.1) is 6.92 Å². The molecule has 0 spiro atoms. The summed E-state index contributed by atoms with van der Waals surface area (Å²) < 4.78 is 0.981. The molecule has 112 valence electrons. The van der Waals surface area contributed by atoms with Gasteiger partial charge in [0, 0.05) is 16.1 Å². The maximum atomic E-state index is 6.35. The predicted octanol–water partition coefficient (Wildman–Crippen LogP) is 5.53. The Balaban J connectivity index is 1.91. The predicted molar refractivity (Wildman–Crippen MR) is 95.5 cm³/mol. The molecule has 0 fully saturated rings. The zero-order valence-corrected chi connectivity index (χ0v) is 14.6. The van der Waals surface area contributed by atoms with Gasteiger partial charge < -0.3 is 5.32 Å². The third kappa shape index (κ3) is 3.23. The fourth-order valence-electron chi connectivity index (χ4n) is 2.26. The van der Waals surface area contributed by atoms with E-state index in [0.29, 0.717) is 5.02 Å². The summed E-state index contributed by atoms with van der Waals surface area (Å²) >= 11 is 9.82. The normalized spacial score (nSPS) is 12.4. The van der Waals surface area contributed by atoms with Crippen molar-refractivity contribution in [3.8, 4) is 0 Å². The molecule has 0 aliphatic heterocycles. The Bertz CT molecular complexity index is 818. The molecular weight excluding hydrogens is 362 g/mol. The van der Waals surface area contributed by atoms with Gasteiger partial charge in [-0.2, -0.15) is 0 Å². The standard InChI is InChI=1S/C17H15BrClN3/c1-10-3-6-15(20-9-10)11(2)21-17-8-14(19)13-5-4-12(18)7-16(13)22-17/h3-9,11H,1-2H3,(H,21,22). The van der Waals surface area contributed by atoms with Gasteiger partial charge in [0.15, 0.2) is 0 Å². The monoisotopic (exact) mass is 375 g/mol. The molecule has 1 atom stereocenters. The molecule has 3 nitrogen and oxygen atoms in total. The lowest BCUT2D eigenvalue weighted by molar-refractivity contribution is 0.831. The van der Waals surface area contributed by atoms with E-state index in [9.17, 15) is 0 Å². The molecule has 22 heavy (non-hydrogen) atoms. The zero-order chi connectivity index (χ0) is 15.7. The molecule has 1 unspecified atom stereocenters. The number of fused-ring (bicyclic) bond motifs is 1. The average molecular weight is 377 g/mol. The van der Waals surface area contributed by atoms with Crippen molar-refractivity contribution in [3.63, 3.8) is 0 Å². The van der Waals surface area contributed by atoms with Crippen LogP contribution in [0.5, 0.6) is 0 Å². The van der Waals surface area contributed by atoms with Crippen molar-refractivity contribution < 1.29 is 0 Å². The van der Waals surface area contributed by atoms with Crippen LogP contribution in [0.3, 0.4) is 0 Å². The van der Waals surface area contributed by atoms with E-state index >= 15 is 0 Å². The Morgan fingerprint density at radius 2 is 2.00 bits per heavy atom. The Kier molecular flexibility index (Phi) is 4.32. The molecule has 0 bridgehead atoms. The smallest absolute Gasteiger partial charge is 0.128 e. The molecule has 0 saturated heterocycles. The summed E-state index contributed by atoms with van der Waals surface area (Å²) in [5.74, 6) is 0.741. The number of rotatable bonds is 3. The van der Waals surface area contributed by atoms with Crippen molar-refractivity contribution in [3.05, 3.63) is 63.3 Å². The highest BCUT2D eigenvalue weighted by molar-refractivity contribution is 9.10. The van der Waals surface area contributed by atoms with E-state index in [0.717, 1.165) is 32.5 Å². The van der Waals surface area contributed by atoms with Gasteiger partial charge in [-0.3, -0.25) is 4.98 Å². The number of aryl methyl sites for hydroxylation is 1. The minimum atomic E-state index is 0.0498. The van der Waals surface area contributed by atoms with E-state index in [1.807, 2.05) is 43.5 Å². The number of nitrogens with zero attached hydrogens (tertiary/aromatic N) is 2. The molecule has 0 radical (unpaired) electrons. The second-order valence-corrected chi connectivity index (χ2v) is 6.60. The molecule has 0 saturated carbocycles. The molecule has 1 N–H and O–H groups in total. The van der Waals surface area contributed by atoms with Gasteiger partial charge in [-0.25, -0.2) is 4.98 Å². The Morgan fingerprint density at radius 3 is 2.73 bits per heavy atom. The number of anilines is 1. The van der Waals surface area contributed by atoms with Gasteiger partial charge in [0.2, 0.25) is 0 Å². The third-order valence-corrected chi connectivity index (χ3v) is 4.27. The molecular formula is C17H15BrClN3. The van der Waals surface area contributed by atoms with Gasteiger partial charge in [-0.15, -0.1) is 0 Å². The minimum absolute atomic E-state index is 0.0498. The summed E-state index contributed by atoms with van der Waals surface area (Å²) in [6.07, 6.45) is 1.87. The van der Waals surface area contributed by atoms with E-state index in [-0.39, 0.29) is 6.04 Å². The molecule has 0 aliphatic rings. The van der Waals surface area contributed by atoms with Crippen molar-refractivity contribution in [2.45, 2.75) is 19.9 Å². The molecule has 1 aromatic carbocycles. The lowest BCUT2D eigenvalue weighted by Gasteiger charge is -2.15. The van der Waals surface area contributed by atoms with Crippen LogP contribution in [0.2, 0.25) is 5.02 Å². The van der Waals surface area contributed by atoms with E-state index in [4.69, 9.17) is 11.6 Å². The quantitative estimate of drug-likeness (QED) is 0.653. The Morgan fingerprint density at radius 1 is 1.18 bits per heavy atom. The molecule has 0 aliphatic carbocycles. The number of hydrogen-bond donors (Lipinski definition) is 1. The zero-order valence-electron chi connectivity index (χ0n) is 12.3. The average Bonchev–Trinajstić information content (AvgIpc) is 2.47. The molecule has 2 heterocycles. The fraction of sp³-hybridized carbons (Fsp3) is 0.176. The van der Waals surface area contributed by atoms with Crippen LogP contribution in [0.1, 0.15) is 24.2 Å². The van der Waals surface area contributed by atoms with E-state index in [1.54, 1.807) is 0 Å². The van der Waals surface area contributed by atoms with Crippen LogP contribution < -0.4 is 5.32 Å². The molecule has 0 amide bonds. The summed E-state index contributed by atoms with van der Waals surface area (Å²) in [6.45, 7) is 4.08. The van der Waals surface area contributed by atoms with Crippen LogP contribution in [0.15, 0.2) is 47.1 Å². The van der Waals surface area contributed by atoms with Crippen LogP contribution >= 0.6 is 27.5 Å². The third-order valence-electron chi connectivity index (χ3n) is 3.46. The number of hydrogen-bond acceptors (Lipinski definition) is 3. The minimum Gasteiger partial charge on any atom is -0.362 e. The van der Waals surface area contributed by atoms with E-state index < -0.39 is 0 Å². The topological polar surface area (TPSA) is 37.8 Å². The number of pyridine rings is 2. The highest BCUT2D eigenvalue weighted by Crippen LogP contribution is 2.28. The highest BCUT2D eigenvalue weighted by Gasteiger charge is 2.10. The van der Waals surface area contributed by atoms with Crippen molar-refractivity contribution >= 4 is 44.3 Å². The first-order valence-corrected chi connectivity index (χ1v) is 8.15. The van der Waals surface area contributed by atoms with Gasteiger partial charge in [0.25, 0.3) is 0 Å². The van der Waals surface area contributed by atoms with Gasteiger partial charge >= 0.3 is 0 Å². The maximum Gasteiger partial charge on any atom is 0.128 e. The first-order chi connectivity index (χ1) is 10.5. The highest BCUT2D eigenvalue weighted by atomic mass is 79.9. The summed E-state index contributed by atoms with van der Waals surface area (Å²) in [5.41, 5.74) is 2.97. The first kappa shape index (κ1) is 15.3. The largest absolute Gasteiger partial charge is 0.362 e. The fourth-order valence-corrected chi connectivity index (χ4v) is 2.88. The second kappa shape index (κ2) is 6.23. The summed E-state index contributed by atoms with van der Waals surface area (Å²) in [5, 5.41) is 4.98. The van der Waals surface area contributed by atoms with Crippen LogP contribution in [-0.4, -0.2) is 9.97 Å². The molecule has 2 aromatic heterocycles. The number of benzene rings is 1. The van der Waals surface area contributed by atoms with Crippen molar-refractivity contribution in [2.75, 3.05) is 5.32 Å². The first-order valence-electron chi connectivity index (χ1n) is 6.98. The lowest BCUT2D eigenvalue weighted by Crippen LogP contribution is -2.09. The van der Waals surface area contributed by atoms with Crippen molar-refractivity contribution in [1.82, 2.24) is 9.97 Å². The van der Waals surface area contributed by atoms with Crippen molar-refractivity contribution in [1.29, 1.82) is 0 Å². The van der Waals surface area contributed by atoms with E-state index in [1.165, 1.54) is 0 Å². The van der Waals surface area contributed by atoms with E-state index in [2.05, 4.69) is 44.2 Å². The van der Waals surface area contributed by atoms with Crippen LogP contribution in [-0.2, 0) is 0 Å². The summed E-state index contributed by atoms with van der Waals surface area (Å²) in [6, 6.07) is 11.9. The second-order valence-electron chi connectivity index (χ2n) is 5.28. The van der Waals surface area contributed by atoms with Crippen molar-refractivity contribution in [2.24, 2.45) is 0 Å². The number of aromatic nitrogens is 2. The Hall–Kier alpha value is -1.65.